The van der Waals surface area contributed by atoms with Crippen LogP contribution in [-0.4, -0.2) is 38.3 Å². The number of aromatic amines is 2. The van der Waals surface area contributed by atoms with E-state index in [1.807, 2.05) is 0 Å². The number of nitrogens with one attached hydrogen (secondary N) is 2. The molecule has 9 rings (SSSR count). The molecule has 2 N–H and O–H groups in total. The molecule has 3 aromatic heterocycles. The monoisotopic (exact) mass is 1000 g/mol. The molecule has 6 nitrogen and oxygen atoms in total. The van der Waals surface area contributed by atoms with Gasteiger partial charge in [-0.05, 0) is 159 Å². The third-order valence-electron chi connectivity index (χ3n) is 16.1. The summed E-state index contributed by atoms with van der Waals surface area (Å²) >= 11 is 0. The first-order valence-electron chi connectivity index (χ1n) is 27.4. The predicted molar refractivity (Wildman–Crippen MR) is 323 cm³/mol. The average molecular weight is 1000 g/mol. The number of rotatable bonds is 4. The van der Waals surface area contributed by atoms with E-state index in [1.165, 1.54) is 33.4 Å². The van der Waals surface area contributed by atoms with Crippen LogP contribution >= 0.6 is 0 Å². The summed E-state index contributed by atoms with van der Waals surface area (Å²) in [6.07, 6.45) is 8.77. The molecular weight excluding hydrogens is 916 g/mol. The summed E-state index contributed by atoms with van der Waals surface area (Å²) in [6, 6.07) is 30.4. The van der Waals surface area contributed by atoms with Crippen LogP contribution < -0.4 is 5.46 Å². The molecule has 3 aliphatic rings. The van der Waals surface area contributed by atoms with Gasteiger partial charge in [0.1, 0.15) is 0 Å². The summed E-state index contributed by atoms with van der Waals surface area (Å²) in [6.45, 7) is 50.0. The van der Waals surface area contributed by atoms with E-state index < -0.39 is 18.3 Å². The third-order valence-corrected chi connectivity index (χ3v) is 16.1. The van der Waals surface area contributed by atoms with Gasteiger partial charge in [-0.25, -0.2) is 9.97 Å². The van der Waals surface area contributed by atoms with Gasteiger partial charge in [0, 0.05) is 44.2 Å². The van der Waals surface area contributed by atoms with E-state index in [9.17, 15) is 0 Å². The van der Waals surface area contributed by atoms with Crippen molar-refractivity contribution >= 4 is 59.0 Å². The van der Waals surface area contributed by atoms with Crippen LogP contribution in [-0.2, 0) is 41.8 Å². The summed E-state index contributed by atoms with van der Waals surface area (Å²) in [4.78, 5) is 19.4. The van der Waals surface area contributed by atoms with Gasteiger partial charge in [-0.3, -0.25) is 0 Å². The molecule has 392 valence electrons. The molecule has 75 heavy (non-hydrogen) atoms. The molecule has 1 saturated heterocycles. The Labute approximate surface area is 450 Å². The number of hydrogen-bond acceptors (Lipinski definition) is 4. The Bertz CT molecular complexity index is 3380. The zero-order valence-corrected chi connectivity index (χ0v) is 49.6. The molecule has 0 amide bonds. The van der Waals surface area contributed by atoms with Gasteiger partial charge in [0.2, 0.25) is 0 Å². The standard InChI is InChI=1S/C68H85BN4O2/c1-61(2,3)43-29-40(30-44(35-43)62(4,5)6)58-51-24-23-49(70-51)38-56-50(69-74-67(19,20)68(21,22)75-69)39-57(73-56)60(42-33-47(65(13,14)15)37-48(34-42)66(16,17)18)55-28-27-54(72-55)59(53-26-25-52(58)71-53)41-31-45(63(7,8)9)36-46(32-41)64(10,11)12/h23-39,71,73H,1-22H3. The first-order valence-corrected chi connectivity index (χ1v) is 27.4. The zero-order valence-electron chi connectivity index (χ0n) is 49.6. The van der Waals surface area contributed by atoms with Gasteiger partial charge in [-0.2, -0.15) is 0 Å². The Hall–Kier alpha value is -5.76. The molecule has 0 unspecified atom stereocenters. The molecule has 6 heterocycles. The summed E-state index contributed by atoms with van der Waals surface area (Å²) in [5, 5.41) is 0. The SMILES string of the molecule is CC(C)(C)c1cc(-c2c3nc(c(-c4cc(C(C)(C)C)cc(C(C)(C)C)c4)c4ccc([nH]4)c(-c4cc(C(C)(C)C)cc(C(C)(C)C)c4)c4nc(cc5[nH]c2cc5B2OC(C)(C)C(C)(C)O2)C=C4)C=C3)cc(C(C)(C)C)c1. The third kappa shape index (κ3) is 10.6. The van der Waals surface area contributed by atoms with Crippen molar-refractivity contribution in [2.24, 2.45) is 0 Å². The van der Waals surface area contributed by atoms with E-state index >= 15 is 0 Å². The molecule has 0 spiro atoms. The van der Waals surface area contributed by atoms with Crippen LogP contribution in [0.15, 0.2) is 78.9 Å². The topological polar surface area (TPSA) is 75.8 Å². The van der Waals surface area contributed by atoms with Crippen LogP contribution in [0.5, 0.6) is 0 Å². The van der Waals surface area contributed by atoms with Crippen molar-refractivity contribution in [1.29, 1.82) is 0 Å². The zero-order chi connectivity index (χ0) is 55.0. The number of aromatic nitrogens is 4. The van der Waals surface area contributed by atoms with Crippen LogP contribution in [0.3, 0.4) is 0 Å². The van der Waals surface area contributed by atoms with Crippen molar-refractivity contribution in [2.45, 2.75) is 196 Å². The molecule has 0 saturated carbocycles. The van der Waals surface area contributed by atoms with Gasteiger partial charge in [0.25, 0.3) is 0 Å². The van der Waals surface area contributed by atoms with Crippen molar-refractivity contribution in [3.05, 3.63) is 135 Å². The Kier molecular flexibility index (Phi) is 12.9. The van der Waals surface area contributed by atoms with E-state index in [2.05, 4.69) is 265 Å². The maximum Gasteiger partial charge on any atom is 0.497 e. The molecule has 7 heteroatoms. The molecule has 3 aliphatic heterocycles. The number of nitrogens with zero attached hydrogens (tertiary/aromatic N) is 2. The van der Waals surface area contributed by atoms with Crippen LogP contribution in [0.1, 0.15) is 208 Å². The molecular formula is C68H85BN4O2. The highest BCUT2D eigenvalue weighted by atomic mass is 16.7. The van der Waals surface area contributed by atoms with Crippen molar-refractivity contribution in [2.75, 3.05) is 0 Å². The maximum atomic E-state index is 6.91. The van der Waals surface area contributed by atoms with Crippen LogP contribution in [0.4, 0.5) is 0 Å². The van der Waals surface area contributed by atoms with Crippen molar-refractivity contribution in [3.8, 4) is 33.4 Å². The molecule has 8 bridgehead atoms. The lowest BCUT2D eigenvalue weighted by Gasteiger charge is -2.32. The van der Waals surface area contributed by atoms with E-state index in [0.717, 1.165) is 83.7 Å². The minimum atomic E-state index is -0.639. The maximum absolute atomic E-state index is 6.91. The quantitative estimate of drug-likeness (QED) is 0.172. The average Bonchev–Trinajstić information content (AvgIpc) is 4.13. The number of fused-ring (bicyclic) bond motifs is 8. The van der Waals surface area contributed by atoms with Gasteiger partial charge < -0.3 is 19.3 Å². The van der Waals surface area contributed by atoms with Crippen LogP contribution in [0.25, 0.3) is 79.8 Å². The van der Waals surface area contributed by atoms with Crippen molar-refractivity contribution < 1.29 is 9.31 Å². The second kappa shape index (κ2) is 17.9. The van der Waals surface area contributed by atoms with Crippen LogP contribution in [0.2, 0.25) is 0 Å². The smallest absolute Gasteiger partial charge is 0.399 e. The van der Waals surface area contributed by atoms with Crippen LogP contribution in [0, 0.1) is 0 Å². The van der Waals surface area contributed by atoms with Gasteiger partial charge in [0.15, 0.2) is 0 Å². The van der Waals surface area contributed by atoms with E-state index in [1.54, 1.807) is 0 Å². The highest BCUT2D eigenvalue weighted by Gasteiger charge is 2.52. The lowest BCUT2D eigenvalue weighted by molar-refractivity contribution is 0.00578. The highest BCUT2D eigenvalue weighted by Crippen LogP contribution is 2.44. The van der Waals surface area contributed by atoms with E-state index in [-0.39, 0.29) is 32.5 Å². The van der Waals surface area contributed by atoms with Gasteiger partial charge in [0.05, 0.1) is 34.0 Å². The molecule has 0 radical (unpaired) electrons. The van der Waals surface area contributed by atoms with Gasteiger partial charge in [-0.15, -0.1) is 0 Å². The summed E-state index contributed by atoms with van der Waals surface area (Å²) in [5.41, 5.74) is 20.5. The fourth-order valence-electron chi connectivity index (χ4n) is 10.2. The Balaban J connectivity index is 1.51. The molecule has 0 atom stereocenters. The van der Waals surface area contributed by atoms with E-state index in [4.69, 9.17) is 19.3 Å². The van der Waals surface area contributed by atoms with Crippen molar-refractivity contribution in [3.63, 3.8) is 0 Å². The number of benzene rings is 3. The predicted octanol–water partition coefficient (Wildman–Crippen LogP) is 17.7. The second-order valence-electron chi connectivity index (χ2n) is 29.1. The minimum absolute atomic E-state index is 0.0907. The Morgan fingerprint density at radius 1 is 0.360 bits per heavy atom. The first kappa shape index (κ1) is 54.0. The minimum Gasteiger partial charge on any atom is -0.399 e. The fraction of sp³-hybridized carbons (Fsp3) is 0.441. The Morgan fingerprint density at radius 2 is 0.667 bits per heavy atom. The molecule has 6 aromatic rings. The fourth-order valence-corrected chi connectivity index (χ4v) is 10.2. The largest absolute Gasteiger partial charge is 0.497 e. The van der Waals surface area contributed by atoms with E-state index in [0.29, 0.717) is 0 Å². The number of H-pyrrole nitrogens is 2. The lowest BCUT2D eigenvalue weighted by Crippen LogP contribution is -2.41. The normalized spacial score (nSPS) is 16.1. The molecule has 1 fully saturated rings. The molecule has 0 aliphatic carbocycles. The highest BCUT2D eigenvalue weighted by molar-refractivity contribution is 6.64. The van der Waals surface area contributed by atoms with Gasteiger partial charge in [-0.1, -0.05) is 179 Å². The first-order chi connectivity index (χ1) is 34.4. The Morgan fingerprint density at radius 3 is 1.01 bits per heavy atom. The second-order valence-corrected chi connectivity index (χ2v) is 29.1. The number of hydrogen-bond donors (Lipinski definition) is 2. The summed E-state index contributed by atoms with van der Waals surface area (Å²) < 4.78 is 13.8. The summed E-state index contributed by atoms with van der Waals surface area (Å²) in [7, 11) is -0.639. The van der Waals surface area contributed by atoms with Crippen molar-refractivity contribution in [1.82, 2.24) is 19.9 Å². The lowest BCUT2D eigenvalue weighted by atomic mass is 9.78. The summed E-state index contributed by atoms with van der Waals surface area (Å²) in [5.74, 6) is 0. The molecule has 3 aromatic carbocycles. The van der Waals surface area contributed by atoms with Gasteiger partial charge >= 0.3 is 7.12 Å².